The molecule has 0 spiro atoms. The number of aromatic nitrogens is 1. The van der Waals surface area contributed by atoms with Crippen LogP contribution in [-0.4, -0.2) is 17.4 Å². The van der Waals surface area contributed by atoms with Gasteiger partial charge in [0, 0.05) is 18.9 Å². The highest BCUT2D eigenvalue weighted by molar-refractivity contribution is 6.40. The fraction of sp³-hybridized carbons (Fsp3) is 0.294. The van der Waals surface area contributed by atoms with Crippen LogP contribution in [0.3, 0.4) is 0 Å². The lowest BCUT2D eigenvalue weighted by molar-refractivity contribution is 0.102. The van der Waals surface area contributed by atoms with Crippen LogP contribution >= 0.6 is 23.2 Å². The first-order valence-electron chi connectivity index (χ1n) is 7.41. The highest BCUT2D eigenvalue weighted by atomic mass is 35.5. The van der Waals surface area contributed by atoms with E-state index in [0.717, 1.165) is 18.7 Å². The maximum atomic E-state index is 12.4. The Labute approximate surface area is 146 Å². The van der Waals surface area contributed by atoms with Gasteiger partial charge in [0.1, 0.15) is 0 Å². The predicted molar refractivity (Wildman–Crippen MR) is 96.6 cm³/mol. The first-order valence-corrected chi connectivity index (χ1v) is 8.17. The molecular weight excluding hydrogens is 333 g/mol. The van der Waals surface area contributed by atoms with Gasteiger partial charge >= 0.3 is 0 Å². The Morgan fingerprint density at radius 3 is 2.57 bits per heavy atom. The van der Waals surface area contributed by atoms with E-state index in [2.05, 4.69) is 29.5 Å². The van der Waals surface area contributed by atoms with E-state index in [1.54, 1.807) is 30.5 Å². The van der Waals surface area contributed by atoms with Crippen LogP contribution in [0.5, 0.6) is 0 Å². The third-order valence-corrected chi connectivity index (χ3v) is 3.88. The zero-order valence-corrected chi connectivity index (χ0v) is 14.6. The minimum Gasteiger partial charge on any atom is -0.384 e. The Morgan fingerprint density at radius 1 is 1.22 bits per heavy atom. The molecule has 1 aromatic carbocycles. The molecule has 0 aliphatic rings. The number of halogens is 2. The summed E-state index contributed by atoms with van der Waals surface area (Å²) < 4.78 is 0. The number of carbonyl (C=O) groups is 1. The van der Waals surface area contributed by atoms with Gasteiger partial charge < -0.3 is 10.6 Å². The summed E-state index contributed by atoms with van der Waals surface area (Å²) in [7, 11) is 0. The zero-order chi connectivity index (χ0) is 16.8. The molecule has 2 N–H and O–H groups in total. The molecule has 1 heterocycles. The third kappa shape index (κ3) is 5.12. The summed E-state index contributed by atoms with van der Waals surface area (Å²) in [6, 6.07) is 6.82. The highest BCUT2D eigenvalue weighted by Crippen LogP contribution is 2.30. The summed E-state index contributed by atoms with van der Waals surface area (Å²) in [5.74, 6) is 0.310. The number of rotatable bonds is 6. The summed E-state index contributed by atoms with van der Waals surface area (Å²) in [6.07, 6.45) is 4.25. The van der Waals surface area contributed by atoms with E-state index < -0.39 is 0 Å². The fourth-order valence-electron chi connectivity index (χ4n) is 1.97. The van der Waals surface area contributed by atoms with Gasteiger partial charge in [-0.2, -0.15) is 0 Å². The normalized spacial score (nSPS) is 10.7. The Hall–Kier alpha value is -1.78. The van der Waals surface area contributed by atoms with Crippen LogP contribution in [-0.2, 0) is 0 Å². The molecule has 6 heteroatoms. The number of para-hydroxylation sites is 1. The molecular formula is C17H19Cl2N3O. The molecule has 0 bridgehead atoms. The molecule has 23 heavy (non-hydrogen) atoms. The van der Waals surface area contributed by atoms with E-state index >= 15 is 0 Å². The van der Waals surface area contributed by atoms with Crippen molar-refractivity contribution in [3.8, 4) is 0 Å². The van der Waals surface area contributed by atoms with E-state index in [0.29, 0.717) is 27.2 Å². The molecule has 0 atom stereocenters. The number of nitrogens with one attached hydrogen (secondary N) is 2. The first kappa shape index (κ1) is 17.6. The largest absolute Gasteiger partial charge is 0.384 e. The second-order valence-electron chi connectivity index (χ2n) is 5.62. The maximum absolute atomic E-state index is 12.4. The molecule has 4 nitrogen and oxygen atoms in total. The monoisotopic (exact) mass is 351 g/mol. The van der Waals surface area contributed by atoms with E-state index in [1.165, 1.54) is 6.20 Å². The summed E-state index contributed by atoms with van der Waals surface area (Å²) in [5.41, 5.74) is 1.65. The van der Waals surface area contributed by atoms with Gasteiger partial charge in [0.05, 0.1) is 27.0 Å². The van der Waals surface area contributed by atoms with Crippen molar-refractivity contribution in [1.29, 1.82) is 0 Å². The van der Waals surface area contributed by atoms with E-state index in [-0.39, 0.29) is 5.91 Å². The minimum atomic E-state index is -0.306. The molecule has 2 aromatic rings. The van der Waals surface area contributed by atoms with Gasteiger partial charge in [0.15, 0.2) is 0 Å². The minimum absolute atomic E-state index is 0.306. The van der Waals surface area contributed by atoms with E-state index in [9.17, 15) is 4.79 Å². The van der Waals surface area contributed by atoms with Crippen LogP contribution in [0.4, 0.5) is 11.4 Å². The molecule has 0 unspecified atom stereocenters. The maximum Gasteiger partial charge on any atom is 0.257 e. The molecule has 0 radical (unpaired) electrons. The first-order chi connectivity index (χ1) is 11.0. The number of carbonyl (C=O) groups excluding carboxylic acids is 1. The van der Waals surface area contributed by atoms with Gasteiger partial charge in [0.25, 0.3) is 5.91 Å². The van der Waals surface area contributed by atoms with E-state index in [1.807, 2.05) is 0 Å². The number of anilines is 2. The molecule has 0 aliphatic carbocycles. The van der Waals surface area contributed by atoms with E-state index in [4.69, 9.17) is 23.2 Å². The smallest absolute Gasteiger partial charge is 0.257 e. The number of nitrogens with zero attached hydrogens (tertiary/aromatic N) is 1. The average Bonchev–Trinajstić information content (AvgIpc) is 2.51. The van der Waals surface area contributed by atoms with Crippen molar-refractivity contribution in [2.45, 2.75) is 20.3 Å². The second kappa shape index (κ2) is 8.18. The van der Waals surface area contributed by atoms with Gasteiger partial charge in [-0.05, 0) is 30.5 Å². The van der Waals surface area contributed by atoms with Crippen molar-refractivity contribution in [1.82, 2.24) is 4.98 Å². The van der Waals surface area contributed by atoms with Crippen molar-refractivity contribution in [3.05, 3.63) is 52.3 Å². The van der Waals surface area contributed by atoms with Crippen LogP contribution in [0, 0.1) is 5.92 Å². The number of benzene rings is 1. The Balaban J connectivity index is 2.08. The summed E-state index contributed by atoms with van der Waals surface area (Å²) in [5, 5.41) is 6.78. The van der Waals surface area contributed by atoms with Crippen LogP contribution in [0.15, 0.2) is 36.7 Å². The number of amides is 1. The fourth-order valence-corrected chi connectivity index (χ4v) is 2.46. The van der Waals surface area contributed by atoms with Gasteiger partial charge in [-0.25, -0.2) is 0 Å². The van der Waals surface area contributed by atoms with Crippen LogP contribution in [0.1, 0.15) is 30.6 Å². The van der Waals surface area contributed by atoms with Crippen molar-refractivity contribution in [3.63, 3.8) is 0 Å². The zero-order valence-electron chi connectivity index (χ0n) is 13.1. The Morgan fingerprint density at radius 2 is 1.91 bits per heavy atom. The predicted octanol–water partition coefficient (Wildman–Crippen LogP) is 5.10. The van der Waals surface area contributed by atoms with Gasteiger partial charge in [-0.1, -0.05) is 43.1 Å². The van der Waals surface area contributed by atoms with Crippen LogP contribution < -0.4 is 10.6 Å². The molecule has 2 rings (SSSR count). The third-order valence-electron chi connectivity index (χ3n) is 3.25. The van der Waals surface area contributed by atoms with Gasteiger partial charge in [-0.3, -0.25) is 9.78 Å². The molecule has 0 fully saturated rings. The highest BCUT2D eigenvalue weighted by Gasteiger charge is 2.12. The standard InChI is InChI=1S/C17H19Cl2N3O/c1-11(2)6-7-21-13-8-12(9-20-10-13)17(23)22-16-14(18)4-3-5-15(16)19/h3-5,8-11,21H,6-7H2,1-2H3,(H,22,23). The lowest BCUT2D eigenvalue weighted by Gasteiger charge is -2.11. The number of hydrogen-bond donors (Lipinski definition) is 2. The topological polar surface area (TPSA) is 54.0 Å². The van der Waals surface area contributed by atoms with Crippen LogP contribution in [0.2, 0.25) is 10.0 Å². The summed E-state index contributed by atoms with van der Waals surface area (Å²) in [6.45, 7) is 5.16. The van der Waals surface area contributed by atoms with Crippen molar-refractivity contribution >= 4 is 40.5 Å². The quantitative estimate of drug-likeness (QED) is 0.761. The van der Waals surface area contributed by atoms with Crippen molar-refractivity contribution in [2.24, 2.45) is 5.92 Å². The Bertz CT molecular complexity index is 669. The molecule has 122 valence electrons. The van der Waals surface area contributed by atoms with Crippen molar-refractivity contribution in [2.75, 3.05) is 17.2 Å². The number of pyridine rings is 1. The Kier molecular flexibility index (Phi) is 6.25. The van der Waals surface area contributed by atoms with Gasteiger partial charge in [-0.15, -0.1) is 0 Å². The number of hydrogen-bond acceptors (Lipinski definition) is 3. The van der Waals surface area contributed by atoms with Crippen molar-refractivity contribution < 1.29 is 4.79 Å². The molecule has 1 aromatic heterocycles. The second-order valence-corrected chi connectivity index (χ2v) is 6.44. The summed E-state index contributed by atoms with van der Waals surface area (Å²) >= 11 is 12.1. The van der Waals surface area contributed by atoms with Gasteiger partial charge in [0.2, 0.25) is 0 Å². The average molecular weight is 352 g/mol. The molecule has 1 amide bonds. The summed E-state index contributed by atoms with van der Waals surface area (Å²) in [4.78, 5) is 16.5. The molecule has 0 saturated carbocycles. The lowest BCUT2D eigenvalue weighted by Crippen LogP contribution is -2.14. The molecule has 0 saturated heterocycles. The van der Waals surface area contributed by atoms with Crippen LogP contribution in [0.25, 0.3) is 0 Å². The lowest BCUT2D eigenvalue weighted by atomic mass is 10.1. The molecule has 0 aliphatic heterocycles. The SMILES string of the molecule is CC(C)CCNc1cncc(C(=O)Nc2c(Cl)cccc2Cl)c1.